The van der Waals surface area contributed by atoms with Gasteiger partial charge in [0.1, 0.15) is 23.1 Å². The topological polar surface area (TPSA) is 83.4 Å². The number of amides is 2. The highest BCUT2D eigenvalue weighted by Gasteiger charge is 2.55. The zero-order chi connectivity index (χ0) is 22.6. The number of rotatable bonds is 5. The van der Waals surface area contributed by atoms with E-state index < -0.39 is 11.0 Å². The van der Waals surface area contributed by atoms with E-state index in [2.05, 4.69) is 14.8 Å². The minimum atomic E-state index is -1.37. The number of hydrogen-bond donors (Lipinski definition) is 1. The Kier molecular flexibility index (Phi) is 5.25. The molecule has 8 nitrogen and oxygen atoms in total. The van der Waals surface area contributed by atoms with E-state index in [9.17, 15) is 13.4 Å². The first-order valence-electron chi connectivity index (χ1n) is 11.9. The molecule has 1 unspecified atom stereocenters. The second-order valence-corrected chi connectivity index (χ2v) is 11.4. The summed E-state index contributed by atoms with van der Waals surface area (Å²) in [5, 5.41) is 4.67. The van der Waals surface area contributed by atoms with Crippen molar-refractivity contribution in [3.8, 4) is 0 Å². The van der Waals surface area contributed by atoms with Crippen LogP contribution < -0.4 is 4.72 Å². The number of urea groups is 1. The zero-order valence-corrected chi connectivity index (χ0v) is 19.3. The molecular weight excluding hydrogens is 443 g/mol. The highest BCUT2D eigenvalue weighted by Crippen LogP contribution is 2.54. The molecule has 2 amide bonds. The van der Waals surface area contributed by atoms with Crippen LogP contribution in [0, 0.1) is 11.2 Å². The van der Waals surface area contributed by atoms with E-state index in [0.29, 0.717) is 29.9 Å². The van der Waals surface area contributed by atoms with Crippen molar-refractivity contribution >= 4 is 17.0 Å². The molecule has 1 N–H and O–H groups in total. The maximum atomic E-state index is 13.1. The largest absolute Gasteiger partial charge is 0.325 e. The molecule has 0 radical (unpaired) electrons. The SMILES string of the molecule is O=C(N1CCC(NS(=O)c2ccc(F)cc2)CC1)N1CC2(CC(n3cnc(C4CC4)n3)C2)C1. The van der Waals surface area contributed by atoms with Crippen molar-refractivity contribution < 1.29 is 13.4 Å². The minimum Gasteiger partial charge on any atom is -0.325 e. The van der Waals surface area contributed by atoms with Gasteiger partial charge in [-0.15, -0.1) is 0 Å². The standard InChI is InChI=1S/C23H29FN6O2S/c24-17-3-5-20(6-4-17)33(32)27-18-7-9-28(10-8-18)22(31)29-13-23(14-29)11-19(12-23)30-15-25-21(26-30)16-1-2-16/h3-6,15-16,18-19,27H,1-2,7-14H2. The molecule has 1 aromatic heterocycles. The Morgan fingerprint density at radius 3 is 2.42 bits per heavy atom. The number of piperidine rings is 1. The van der Waals surface area contributed by atoms with Crippen LogP contribution in [0.25, 0.3) is 0 Å². The van der Waals surface area contributed by atoms with E-state index in [0.717, 1.165) is 44.6 Å². The Morgan fingerprint density at radius 2 is 1.76 bits per heavy atom. The van der Waals surface area contributed by atoms with Gasteiger partial charge in [0.05, 0.1) is 10.9 Å². The number of benzene rings is 1. The smallest absolute Gasteiger partial charge is 0.320 e. The van der Waals surface area contributed by atoms with Crippen LogP contribution >= 0.6 is 0 Å². The van der Waals surface area contributed by atoms with Gasteiger partial charge in [0.25, 0.3) is 0 Å². The van der Waals surface area contributed by atoms with Crippen LogP contribution in [0.15, 0.2) is 35.5 Å². The molecule has 1 spiro atoms. The van der Waals surface area contributed by atoms with Gasteiger partial charge in [-0.3, -0.25) is 0 Å². The molecular formula is C23H29FN6O2S. The minimum absolute atomic E-state index is 0.0817. The molecule has 3 heterocycles. The van der Waals surface area contributed by atoms with E-state index in [1.165, 1.54) is 37.1 Å². The molecule has 2 saturated heterocycles. The van der Waals surface area contributed by atoms with Crippen molar-refractivity contribution in [2.45, 2.75) is 61.4 Å². The van der Waals surface area contributed by atoms with Crippen LogP contribution in [0.3, 0.4) is 0 Å². The van der Waals surface area contributed by atoms with Crippen molar-refractivity contribution in [1.29, 1.82) is 0 Å². The fraction of sp³-hybridized carbons (Fsp3) is 0.609. The van der Waals surface area contributed by atoms with Gasteiger partial charge in [-0.05, 0) is 62.8 Å². The van der Waals surface area contributed by atoms with Gasteiger partial charge in [-0.1, -0.05) is 0 Å². The van der Waals surface area contributed by atoms with Crippen LogP contribution in [-0.4, -0.2) is 67.0 Å². The first-order valence-corrected chi connectivity index (χ1v) is 13.0. The molecule has 1 aromatic carbocycles. The summed E-state index contributed by atoms with van der Waals surface area (Å²) >= 11 is 0. The predicted octanol–water partition coefficient (Wildman–Crippen LogP) is 2.83. The molecule has 176 valence electrons. The van der Waals surface area contributed by atoms with Gasteiger partial charge in [0.15, 0.2) is 5.82 Å². The second kappa shape index (κ2) is 8.16. The molecule has 0 bridgehead atoms. The van der Waals surface area contributed by atoms with E-state index in [-0.39, 0.29) is 23.3 Å². The molecule has 2 aliphatic heterocycles. The Morgan fingerprint density at radius 1 is 1.06 bits per heavy atom. The van der Waals surface area contributed by atoms with Gasteiger partial charge >= 0.3 is 6.03 Å². The number of nitrogens with zero attached hydrogens (tertiary/aromatic N) is 5. The molecule has 2 saturated carbocycles. The lowest BCUT2D eigenvalue weighted by molar-refractivity contribution is -0.0747. The number of carbonyl (C=O) groups excluding carboxylic acids is 1. The normalized spacial score (nSPS) is 23.9. The van der Waals surface area contributed by atoms with Crippen LogP contribution in [0.2, 0.25) is 0 Å². The van der Waals surface area contributed by atoms with Crippen LogP contribution in [0.4, 0.5) is 9.18 Å². The Bertz CT molecular complexity index is 1050. The lowest BCUT2D eigenvalue weighted by atomic mass is 9.61. The van der Waals surface area contributed by atoms with Crippen LogP contribution in [-0.2, 0) is 11.0 Å². The lowest BCUT2D eigenvalue weighted by Crippen LogP contribution is -2.66. The monoisotopic (exact) mass is 472 g/mol. The summed E-state index contributed by atoms with van der Waals surface area (Å²) in [7, 11) is -1.37. The third-order valence-electron chi connectivity index (χ3n) is 7.57. The third-order valence-corrected chi connectivity index (χ3v) is 8.82. The summed E-state index contributed by atoms with van der Waals surface area (Å²) in [6, 6.07) is 6.34. The Balaban J connectivity index is 0.939. The van der Waals surface area contributed by atoms with Gasteiger partial charge in [0.2, 0.25) is 0 Å². The summed E-state index contributed by atoms with van der Waals surface area (Å²) < 4.78 is 30.7. The molecule has 4 aliphatic rings. The van der Waals surface area contributed by atoms with Crippen LogP contribution in [0.5, 0.6) is 0 Å². The fourth-order valence-corrected chi connectivity index (χ4v) is 6.50. The Labute approximate surface area is 195 Å². The van der Waals surface area contributed by atoms with E-state index >= 15 is 0 Å². The van der Waals surface area contributed by atoms with Crippen molar-refractivity contribution in [3.05, 3.63) is 42.2 Å². The summed E-state index contributed by atoms with van der Waals surface area (Å²) in [5.74, 6) is 1.24. The van der Waals surface area contributed by atoms with Gasteiger partial charge < -0.3 is 9.80 Å². The second-order valence-electron chi connectivity index (χ2n) is 10.2. The molecule has 2 aromatic rings. The molecule has 33 heavy (non-hydrogen) atoms. The van der Waals surface area contributed by atoms with Gasteiger partial charge in [-0.2, -0.15) is 5.10 Å². The number of nitrogens with one attached hydrogen (secondary N) is 1. The maximum absolute atomic E-state index is 13.1. The number of likely N-dealkylation sites (tertiary alicyclic amines) is 2. The highest BCUT2D eigenvalue weighted by atomic mass is 32.2. The summed E-state index contributed by atoms with van der Waals surface area (Å²) in [5.41, 5.74) is 0.262. The van der Waals surface area contributed by atoms with Crippen molar-refractivity contribution in [2.75, 3.05) is 26.2 Å². The Hall–Kier alpha value is -2.33. The number of aromatic nitrogens is 3. The highest BCUT2D eigenvalue weighted by molar-refractivity contribution is 7.83. The maximum Gasteiger partial charge on any atom is 0.320 e. The molecule has 6 rings (SSSR count). The number of carbonyl (C=O) groups is 1. The quantitative estimate of drug-likeness (QED) is 0.726. The fourth-order valence-electron chi connectivity index (χ4n) is 5.44. The predicted molar refractivity (Wildman–Crippen MR) is 120 cm³/mol. The first-order chi connectivity index (χ1) is 16.0. The van der Waals surface area contributed by atoms with E-state index in [1.807, 2.05) is 20.8 Å². The van der Waals surface area contributed by atoms with Gasteiger partial charge in [-0.25, -0.2) is 27.8 Å². The summed E-state index contributed by atoms with van der Waals surface area (Å²) in [6.07, 6.45) is 7.99. The molecule has 4 fully saturated rings. The molecule has 1 atom stereocenters. The van der Waals surface area contributed by atoms with Crippen LogP contribution in [0.1, 0.15) is 56.3 Å². The average molecular weight is 473 g/mol. The van der Waals surface area contributed by atoms with E-state index in [1.54, 1.807) is 0 Å². The lowest BCUT2D eigenvalue weighted by Gasteiger charge is -2.59. The molecule has 2 aliphatic carbocycles. The van der Waals surface area contributed by atoms with Crippen molar-refractivity contribution in [2.24, 2.45) is 5.41 Å². The van der Waals surface area contributed by atoms with Gasteiger partial charge in [0, 0.05) is 43.6 Å². The zero-order valence-electron chi connectivity index (χ0n) is 18.5. The molecule has 10 heteroatoms. The summed E-state index contributed by atoms with van der Waals surface area (Å²) in [4.78, 5) is 21.9. The average Bonchev–Trinajstić information content (AvgIpc) is 3.50. The number of hydrogen-bond acceptors (Lipinski definition) is 4. The van der Waals surface area contributed by atoms with E-state index in [4.69, 9.17) is 0 Å². The summed E-state index contributed by atoms with van der Waals surface area (Å²) in [6.45, 7) is 2.98. The van der Waals surface area contributed by atoms with Crippen molar-refractivity contribution in [3.63, 3.8) is 0 Å². The van der Waals surface area contributed by atoms with Crippen molar-refractivity contribution in [1.82, 2.24) is 29.3 Å². The number of halogens is 1. The first kappa shape index (κ1) is 21.2. The third kappa shape index (κ3) is 4.19.